The van der Waals surface area contributed by atoms with Crippen LogP contribution in [-0.4, -0.2) is 36.1 Å². The van der Waals surface area contributed by atoms with Gasteiger partial charge in [0.05, 0.1) is 0 Å². The second-order valence-electron chi connectivity index (χ2n) is 3.80. The predicted octanol–water partition coefficient (Wildman–Crippen LogP) is 1.84. The van der Waals surface area contributed by atoms with Crippen molar-refractivity contribution in [1.82, 2.24) is 4.90 Å². The monoisotopic (exact) mass is 199 g/mol. The van der Waals surface area contributed by atoms with Gasteiger partial charge in [-0.2, -0.15) is 0 Å². The zero-order valence-corrected chi connectivity index (χ0v) is 9.67. The number of likely N-dealkylation sites (N-methyl/N-ethyl adjacent to an activating group) is 1. The van der Waals surface area contributed by atoms with Gasteiger partial charge >= 0.3 is 5.97 Å². The molecule has 82 valence electrons. The lowest BCUT2D eigenvalue weighted by Gasteiger charge is -2.36. The number of nitrogens with zero attached hydrogens (tertiary/aromatic N) is 1. The van der Waals surface area contributed by atoms with E-state index in [0.717, 1.165) is 13.1 Å². The van der Waals surface area contributed by atoms with E-state index in [9.17, 15) is 4.79 Å². The summed E-state index contributed by atoms with van der Waals surface area (Å²) in [5.74, 6) is -0.356. The van der Waals surface area contributed by atoms with E-state index in [2.05, 4.69) is 39.2 Å². The summed E-state index contributed by atoms with van der Waals surface area (Å²) in [5.41, 5.74) is -0.109. The lowest BCUT2D eigenvalue weighted by molar-refractivity contribution is -0.141. The molecule has 0 heterocycles. The molecule has 0 fully saturated rings. The summed E-state index contributed by atoms with van der Waals surface area (Å²) in [7, 11) is 0. The Bertz CT molecular complexity index is 195. The molecular weight excluding hydrogens is 178 g/mol. The number of ether oxygens (including phenoxy) is 1. The summed E-state index contributed by atoms with van der Waals surface area (Å²) in [4.78, 5) is 13.2. The van der Waals surface area contributed by atoms with Gasteiger partial charge in [0.1, 0.15) is 6.61 Å². The van der Waals surface area contributed by atoms with Crippen LogP contribution in [0.4, 0.5) is 0 Å². The second-order valence-corrected chi connectivity index (χ2v) is 3.80. The van der Waals surface area contributed by atoms with Gasteiger partial charge in [-0.15, -0.1) is 0 Å². The van der Waals surface area contributed by atoms with Crippen LogP contribution in [0.2, 0.25) is 0 Å². The molecule has 0 saturated carbocycles. The normalized spacial score (nSPS) is 11.5. The minimum Gasteiger partial charge on any atom is -0.461 e. The van der Waals surface area contributed by atoms with Crippen molar-refractivity contribution >= 4 is 5.97 Å². The van der Waals surface area contributed by atoms with Crippen LogP contribution in [0.5, 0.6) is 0 Å². The number of carbonyl (C=O) groups excluding carboxylic acids is 1. The maximum absolute atomic E-state index is 10.9. The molecule has 0 saturated heterocycles. The maximum atomic E-state index is 10.9. The molecule has 0 aliphatic heterocycles. The van der Waals surface area contributed by atoms with E-state index >= 15 is 0 Å². The van der Waals surface area contributed by atoms with E-state index in [1.54, 1.807) is 0 Å². The Morgan fingerprint density at radius 3 is 2.29 bits per heavy atom. The summed E-state index contributed by atoms with van der Waals surface area (Å²) in [5, 5.41) is 0. The van der Waals surface area contributed by atoms with E-state index in [-0.39, 0.29) is 11.5 Å². The fourth-order valence-corrected chi connectivity index (χ4v) is 1.48. The lowest BCUT2D eigenvalue weighted by Crippen LogP contribution is -2.47. The van der Waals surface area contributed by atoms with Crippen LogP contribution >= 0.6 is 0 Å². The molecule has 0 rings (SSSR count). The van der Waals surface area contributed by atoms with Crippen LogP contribution in [0.3, 0.4) is 0 Å². The van der Waals surface area contributed by atoms with Crippen LogP contribution in [0, 0.1) is 0 Å². The standard InChI is InChI=1S/C11H21NO2/c1-6-10(13)14-9-11(4,5)12(7-2)8-3/h6H,1,7-9H2,2-5H3. The topological polar surface area (TPSA) is 29.5 Å². The summed E-state index contributed by atoms with van der Waals surface area (Å²) in [6.45, 7) is 14.0. The molecule has 0 radical (unpaired) electrons. The quantitative estimate of drug-likeness (QED) is 0.483. The predicted molar refractivity (Wildman–Crippen MR) is 58.2 cm³/mol. The first-order valence-electron chi connectivity index (χ1n) is 5.02. The van der Waals surface area contributed by atoms with Crippen LogP contribution in [0.25, 0.3) is 0 Å². The molecule has 0 unspecified atom stereocenters. The van der Waals surface area contributed by atoms with Gasteiger partial charge in [-0.05, 0) is 26.9 Å². The average molecular weight is 199 g/mol. The Kier molecular flexibility index (Phi) is 5.46. The van der Waals surface area contributed by atoms with Gasteiger partial charge in [-0.1, -0.05) is 20.4 Å². The molecule has 3 nitrogen and oxygen atoms in total. The highest BCUT2D eigenvalue weighted by Gasteiger charge is 2.25. The number of rotatable bonds is 6. The highest BCUT2D eigenvalue weighted by atomic mass is 16.5. The van der Waals surface area contributed by atoms with Gasteiger partial charge in [0.25, 0.3) is 0 Å². The van der Waals surface area contributed by atoms with Gasteiger partial charge in [0.15, 0.2) is 0 Å². The highest BCUT2D eigenvalue weighted by Crippen LogP contribution is 2.14. The minimum atomic E-state index is -0.356. The number of esters is 1. The maximum Gasteiger partial charge on any atom is 0.330 e. The zero-order valence-electron chi connectivity index (χ0n) is 9.67. The first kappa shape index (κ1) is 13.2. The van der Waals surface area contributed by atoms with Crippen molar-refractivity contribution in [3.63, 3.8) is 0 Å². The minimum absolute atomic E-state index is 0.109. The first-order chi connectivity index (χ1) is 6.47. The van der Waals surface area contributed by atoms with E-state index in [4.69, 9.17) is 4.74 Å². The van der Waals surface area contributed by atoms with E-state index in [0.29, 0.717) is 6.61 Å². The second kappa shape index (κ2) is 5.81. The van der Waals surface area contributed by atoms with Crippen LogP contribution in [-0.2, 0) is 9.53 Å². The molecule has 0 aromatic carbocycles. The molecule has 0 atom stereocenters. The molecular formula is C11H21NO2. The van der Waals surface area contributed by atoms with Crippen molar-refractivity contribution in [2.45, 2.75) is 33.2 Å². The summed E-state index contributed by atoms with van der Waals surface area (Å²) >= 11 is 0. The molecule has 0 aromatic rings. The SMILES string of the molecule is C=CC(=O)OCC(C)(C)N(CC)CC. The first-order valence-corrected chi connectivity index (χ1v) is 5.02. The molecule has 0 aliphatic rings. The van der Waals surface area contributed by atoms with Gasteiger partial charge < -0.3 is 4.74 Å². The third kappa shape index (κ3) is 3.92. The molecule has 0 spiro atoms. The Morgan fingerprint density at radius 2 is 1.93 bits per heavy atom. The van der Waals surface area contributed by atoms with E-state index < -0.39 is 0 Å². The Morgan fingerprint density at radius 1 is 1.43 bits per heavy atom. The number of hydrogen-bond acceptors (Lipinski definition) is 3. The molecule has 0 bridgehead atoms. The molecule has 3 heteroatoms. The summed E-state index contributed by atoms with van der Waals surface area (Å²) in [6.07, 6.45) is 1.19. The molecule has 0 amide bonds. The van der Waals surface area contributed by atoms with Crippen molar-refractivity contribution in [3.8, 4) is 0 Å². The third-order valence-electron chi connectivity index (χ3n) is 2.35. The van der Waals surface area contributed by atoms with Crippen molar-refractivity contribution in [2.24, 2.45) is 0 Å². The highest BCUT2D eigenvalue weighted by molar-refractivity contribution is 5.81. The Labute approximate surface area is 86.7 Å². The zero-order chi connectivity index (χ0) is 11.2. The molecule has 0 aliphatic carbocycles. The smallest absolute Gasteiger partial charge is 0.330 e. The summed E-state index contributed by atoms with van der Waals surface area (Å²) in [6, 6.07) is 0. The largest absolute Gasteiger partial charge is 0.461 e. The number of hydrogen-bond donors (Lipinski definition) is 0. The third-order valence-corrected chi connectivity index (χ3v) is 2.35. The van der Waals surface area contributed by atoms with Gasteiger partial charge in [0.2, 0.25) is 0 Å². The van der Waals surface area contributed by atoms with Gasteiger partial charge in [-0.3, -0.25) is 4.90 Å². The van der Waals surface area contributed by atoms with Gasteiger partial charge in [0, 0.05) is 11.6 Å². The van der Waals surface area contributed by atoms with Gasteiger partial charge in [-0.25, -0.2) is 4.79 Å². The van der Waals surface area contributed by atoms with Crippen LogP contribution < -0.4 is 0 Å². The molecule has 14 heavy (non-hydrogen) atoms. The fourth-order valence-electron chi connectivity index (χ4n) is 1.48. The van der Waals surface area contributed by atoms with Crippen LogP contribution in [0.15, 0.2) is 12.7 Å². The lowest BCUT2D eigenvalue weighted by atomic mass is 10.0. The van der Waals surface area contributed by atoms with Crippen molar-refractivity contribution < 1.29 is 9.53 Å². The summed E-state index contributed by atoms with van der Waals surface area (Å²) < 4.78 is 5.04. The fraction of sp³-hybridized carbons (Fsp3) is 0.727. The molecule has 0 N–H and O–H groups in total. The number of carbonyl (C=O) groups is 1. The van der Waals surface area contributed by atoms with E-state index in [1.165, 1.54) is 6.08 Å². The Hall–Kier alpha value is -0.830. The van der Waals surface area contributed by atoms with Crippen molar-refractivity contribution in [2.75, 3.05) is 19.7 Å². The Balaban J connectivity index is 4.17. The van der Waals surface area contributed by atoms with E-state index in [1.807, 2.05) is 0 Å². The van der Waals surface area contributed by atoms with Crippen LogP contribution in [0.1, 0.15) is 27.7 Å². The van der Waals surface area contributed by atoms with Crippen molar-refractivity contribution in [3.05, 3.63) is 12.7 Å². The average Bonchev–Trinajstić information content (AvgIpc) is 2.15. The molecule has 0 aromatic heterocycles. The van der Waals surface area contributed by atoms with Crippen molar-refractivity contribution in [1.29, 1.82) is 0 Å².